The van der Waals surface area contributed by atoms with Crippen LogP contribution in [0.25, 0.3) is 6.08 Å². The average Bonchev–Trinajstić information content (AvgIpc) is 3.95. The molecule has 0 bridgehead atoms. The Morgan fingerprint density at radius 2 is 1.55 bits per heavy atom. The molecule has 18 heteroatoms. The van der Waals surface area contributed by atoms with Crippen LogP contribution in [-0.4, -0.2) is 116 Å². The number of nitrogens with two attached hydrogens (primary N) is 1. The molecule has 0 unspecified atom stereocenters. The molecule has 0 aliphatic rings. The lowest BCUT2D eigenvalue weighted by Crippen LogP contribution is -2.34. The highest BCUT2D eigenvalue weighted by molar-refractivity contribution is 5.92. The van der Waals surface area contributed by atoms with Crippen LogP contribution < -0.4 is 5.73 Å². The van der Waals surface area contributed by atoms with Crippen LogP contribution in [-0.2, 0) is 42.9 Å². The fourth-order valence-corrected chi connectivity index (χ4v) is 6.62. The highest BCUT2D eigenvalue weighted by Gasteiger charge is 2.31. The number of carbonyl (C=O) groups is 6. The van der Waals surface area contributed by atoms with Gasteiger partial charge in [0.05, 0.1) is 37.8 Å². The van der Waals surface area contributed by atoms with Gasteiger partial charge < -0.3 is 48.3 Å². The third kappa shape index (κ3) is 17.6. The van der Waals surface area contributed by atoms with Gasteiger partial charge in [-0.05, 0) is 56.1 Å². The number of Topliss-reactive ketones (excluding diaryl/α,β-unsaturated/α-hetero) is 1. The van der Waals surface area contributed by atoms with Crippen molar-refractivity contribution in [2.24, 2.45) is 29.4 Å². The summed E-state index contributed by atoms with van der Waals surface area (Å²) in [6.45, 7) is 7.34. The Hall–Kier alpha value is -5.30. The van der Waals surface area contributed by atoms with E-state index < -0.39 is 54.1 Å². The average molecular weight is 873 g/mol. The zero-order valence-corrected chi connectivity index (χ0v) is 37.2. The van der Waals surface area contributed by atoms with Crippen molar-refractivity contribution in [3.63, 3.8) is 0 Å². The predicted octanol–water partition coefficient (Wildman–Crippen LogP) is 5.21. The topological polar surface area (TPSA) is 250 Å². The van der Waals surface area contributed by atoms with E-state index in [-0.39, 0.29) is 71.9 Å². The van der Waals surface area contributed by atoms with E-state index in [2.05, 4.69) is 14.7 Å². The second-order valence-electron chi connectivity index (χ2n) is 15.3. The highest BCUT2D eigenvalue weighted by Crippen LogP contribution is 2.28. The lowest BCUT2D eigenvalue weighted by molar-refractivity contribution is -0.156. The Labute approximate surface area is 363 Å². The SMILES string of the molecule is COC(=O)c1coc(C=CCC[C@@H](C)[C@H](C[C@H](OC)[C@@H](C)CCC(=O)[C@H](C)[C@@H](CC=CN(C)C=O)OC)OC(=O)C[C@H](O)CC=CC(=O)[C@H](C)[C@H](OC)c2coc(C(N)=O)n2)n1. The molecule has 0 fully saturated rings. The standard InChI is InChI=1S/C44H64N4O14/c1-27(14-10-11-18-39-46-33(25-60-39)44(55)59-9)38(23-37(57-7)28(2)19-20-35(52)29(3)36(56-6)17-13-21-48(5)26-49)62-40(53)22-31(50)15-12-16-34(51)30(4)41(58-8)32-24-61-43(47-32)42(45)54/h11-13,16,18,21,24-31,36-38,41,50H,10,14-15,17,19-20,22-23H2,1-9H3,(H2,45,54)/t27-,28+,29+,30+,31-,36-,37+,38+,41+/m1/s1. The van der Waals surface area contributed by atoms with E-state index in [1.54, 1.807) is 46.5 Å². The molecule has 2 amide bonds. The minimum absolute atomic E-state index is 0.0231. The van der Waals surface area contributed by atoms with Crippen molar-refractivity contribution in [2.75, 3.05) is 35.5 Å². The maximum Gasteiger partial charge on any atom is 0.360 e. The predicted molar refractivity (Wildman–Crippen MR) is 225 cm³/mol. The van der Waals surface area contributed by atoms with Gasteiger partial charge in [0, 0.05) is 53.3 Å². The summed E-state index contributed by atoms with van der Waals surface area (Å²) in [7, 11) is 7.36. The number of hydrogen-bond donors (Lipinski definition) is 2. The molecule has 62 heavy (non-hydrogen) atoms. The van der Waals surface area contributed by atoms with Gasteiger partial charge in [0.15, 0.2) is 11.5 Å². The van der Waals surface area contributed by atoms with Gasteiger partial charge in [0.1, 0.15) is 36.2 Å². The Morgan fingerprint density at radius 3 is 2.16 bits per heavy atom. The number of aliphatic hydroxyl groups is 1. The van der Waals surface area contributed by atoms with E-state index in [4.69, 9.17) is 33.5 Å². The van der Waals surface area contributed by atoms with E-state index in [0.717, 1.165) is 0 Å². The number of primary amides is 1. The van der Waals surface area contributed by atoms with E-state index in [9.17, 15) is 33.9 Å². The van der Waals surface area contributed by atoms with E-state index in [1.165, 1.54) is 43.8 Å². The van der Waals surface area contributed by atoms with Gasteiger partial charge in [-0.1, -0.05) is 45.9 Å². The molecule has 2 aromatic rings. The molecule has 3 N–H and O–H groups in total. The van der Waals surface area contributed by atoms with Crippen LogP contribution in [0.4, 0.5) is 0 Å². The van der Waals surface area contributed by atoms with Crippen LogP contribution in [0.2, 0.25) is 0 Å². The molecule has 2 heterocycles. The van der Waals surface area contributed by atoms with Crippen LogP contribution in [0.3, 0.4) is 0 Å². The number of amides is 2. The van der Waals surface area contributed by atoms with Gasteiger partial charge in [-0.25, -0.2) is 14.8 Å². The van der Waals surface area contributed by atoms with Gasteiger partial charge in [-0.2, -0.15) is 0 Å². The third-order valence-electron chi connectivity index (χ3n) is 10.6. The number of hydrogen-bond acceptors (Lipinski definition) is 16. The van der Waals surface area contributed by atoms with Crippen LogP contribution in [0, 0.1) is 23.7 Å². The van der Waals surface area contributed by atoms with Gasteiger partial charge in [0.25, 0.3) is 5.89 Å². The molecule has 2 rings (SSSR count). The fraction of sp³-hybridized carbons (Fsp3) is 0.591. The number of rotatable bonds is 31. The second kappa shape index (κ2) is 27.6. The first-order valence-electron chi connectivity index (χ1n) is 20.5. The molecule has 0 saturated carbocycles. The Balaban J connectivity index is 2.11. The summed E-state index contributed by atoms with van der Waals surface area (Å²) in [5.74, 6) is -3.97. The largest absolute Gasteiger partial charge is 0.464 e. The lowest BCUT2D eigenvalue weighted by atomic mass is 9.86. The molecule has 2 aromatic heterocycles. The van der Waals surface area contributed by atoms with Crippen LogP contribution in [0.15, 0.2) is 51.9 Å². The van der Waals surface area contributed by atoms with Gasteiger partial charge >= 0.3 is 17.8 Å². The number of allylic oxidation sites excluding steroid dienone is 2. The van der Waals surface area contributed by atoms with Gasteiger partial charge in [-0.15, -0.1) is 0 Å². The lowest BCUT2D eigenvalue weighted by Gasteiger charge is -2.31. The van der Waals surface area contributed by atoms with Crippen molar-refractivity contribution >= 4 is 41.9 Å². The molecule has 0 saturated heterocycles. The molecule has 0 radical (unpaired) electrons. The smallest absolute Gasteiger partial charge is 0.360 e. The van der Waals surface area contributed by atoms with Crippen LogP contribution >= 0.6 is 0 Å². The summed E-state index contributed by atoms with van der Waals surface area (Å²) >= 11 is 0. The Morgan fingerprint density at radius 1 is 0.855 bits per heavy atom. The molecule has 0 aliphatic carbocycles. The first-order chi connectivity index (χ1) is 29.5. The number of ether oxygens (including phenoxy) is 5. The minimum atomic E-state index is -1.16. The number of esters is 2. The number of oxazole rings is 2. The van der Waals surface area contributed by atoms with E-state index in [1.807, 2.05) is 26.8 Å². The summed E-state index contributed by atoms with van der Waals surface area (Å²) in [6.07, 6.45) is 11.6. The summed E-state index contributed by atoms with van der Waals surface area (Å²) in [4.78, 5) is 83.0. The van der Waals surface area contributed by atoms with Gasteiger partial charge in [0.2, 0.25) is 12.3 Å². The maximum atomic E-state index is 13.3. The Bertz CT molecular complexity index is 1820. The normalized spacial score (nSPS) is 16.3. The fourth-order valence-electron chi connectivity index (χ4n) is 6.62. The summed E-state index contributed by atoms with van der Waals surface area (Å²) in [6, 6.07) is 0. The van der Waals surface area contributed by atoms with Crippen molar-refractivity contribution in [1.82, 2.24) is 14.9 Å². The molecule has 18 nitrogen and oxygen atoms in total. The monoisotopic (exact) mass is 872 g/mol. The molecule has 344 valence electrons. The summed E-state index contributed by atoms with van der Waals surface area (Å²) in [5.41, 5.74) is 5.47. The maximum absolute atomic E-state index is 13.3. The van der Waals surface area contributed by atoms with Crippen molar-refractivity contribution in [2.45, 2.75) is 110 Å². The molecule has 0 aromatic carbocycles. The number of nitrogens with zero attached hydrogens (tertiary/aromatic N) is 3. The van der Waals surface area contributed by atoms with Crippen LogP contribution in [0.5, 0.6) is 0 Å². The molecule has 9 atom stereocenters. The van der Waals surface area contributed by atoms with Crippen molar-refractivity contribution < 1.29 is 66.4 Å². The first kappa shape index (κ1) is 52.8. The second-order valence-corrected chi connectivity index (χ2v) is 15.3. The molecule has 0 spiro atoms. The minimum Gasteiger partial charge on any atom is -0.464 e. The Kier molecular flexibility index (Phi) is 23.5. The zero-order valence-electron chi connectivity index (χ0n) is 37.2. The van der Waals surface area contributed by atoms with Gasteiger partial charge in [-0.3, -0.25) is 24.0 Å². The van der Waals surface area contributed by atoms with Crippen LogP contribution in [0.1, 0.15) is 118 Å². The number of methoxy groups -OCH3 is 4. The summed E-state index contributed by atoms with van der Waals surface area (Å²) < 4.78 is 38.0. The van der Waals surface area contributed by atoms with E-state index >= 15 is 0 Å². The molecular formula is C44H64N4O14. The number of carbonyl (C=O) groups excluding carboxylic acids is 6. The highest BCUT2D eigenvalue weighted by atomic mass is 16.5. The quantitative estimate of drug-likeness (QED) is 0.0560. The van der Waals surface area contributed by atoms with Crippen molar-refractivity contribution in [1.29, 1.82) is 0 Å². The van der Waals surface area contributed by atoms with E-state index in [0.29, 0.717) is 38.5 Å². The van der Waals surface area contributed by atoms with Crippen molar-refractivity contribution in [3.05, 3.63) is 66.2 Å². The zero-order chi connectivity index (χ0) is 46.4. The first-order valence-corrected chi connectivity index (χ1v) is 20.5. The molecule has 0 aliphatic heterocycles. The molecular weight excluding hydrogens is 808 g/mol. The van der Waals surface area contributed by atoms with Crippen molar-refractivity contribution in [3.8, 4) is 0 Å². The number of ketones is 2. The number of aromatic nitrogens is 2. The summed E-state index contributed by atoms with van der Waals surface area (Å²) in [5, 5.41) is 10.8. The number of aliphatic hydroxyl groups excluding tert-OH is 1. The third-order valence-corrected chi connectivity index (χ3v) is 10.6.